The Morgan fingerprint density at radius 3 is 2.72 bits per heavy atom. The molecule has 0 aliphatic rings. The molecule has 0 fully saturated rings. The summed E-state index contributed by atoms with van der Waals surface area (Å²) in [5.74, 6) is 0.888. The van der Waals surface area contributed by atoms with Crippen LogP contribution in [0.2, 0.25) is 0 Å². The van der Waals surface area contributed by atoms with E-state index >= 15 is 0 Å². The van der Waals surface area contributed by atoms with Gasteiger partial charge < -0.3 is 19.4 Å². The predicted octanol–water partition coefficient (Wildman–Crippen LogP) is 3.89. The standard InChI is InChI=1S/C19H19FN2O3/c1-22(2)19(23)12-4-6-18(24-3)16(10-12)21-11-15-9-13-8-14(20)5-7-17(13)25-15/h4-10,21H,11H2,1-3H3. The number of furan rings is 1. The van der Waals surface area contributed by atoms with Gasteiger partial charge >= 0.3 is 0 Å². The van der Waals surface area contributed by atoms with Crippen molar-refractivity contribution in [3.05, 3.63) is 59.6 Å². The third-order valence-corrected chi connectivity index (χ3v) is 3.84. The minimum absolute atomic E-state index is 0.0927. The van der Waals surface area contributed by atoms with E-state index in [0.29, 0.717) is 40.3 Å². The van der Waals surface area contributed by atoms with Crippen LogP contribution in [0.4, 0.5) is 10.1 Å². The van der Waals surface area contributed by atoms with Crippen LogP contribution in [0.1, 0.15) is 16.1 Å². The number of carbonyl (C=O) groups is 1. The summed E-state index contributed by atoms with van der Waals surface area (Å²) in [4.78, 5) is 13.6. The Morgan fingerprint density at radius 2 is 2.00 bits per heavy atom. The normalized spacial score (nSPS) is 10.7. The van der Waals surface area contributed by atoms with Crippen molar-refractivity contribution < 1.29 is 18.3 Å². The van der Waals surface area contributed by atoms with Crippen LogP contribution in [-0.4, -0.2) is 32.0 Å². The van der Waals surface area contributed by atoms with Crippen molar-refractivity contribution in [2.24, 2.45) is 0 Å². The van der Waals surface area contributed by atoms with Crippen molar-refractivity contribution in [1.82, 2.24) is 4.90 Å². The molecule has 5 nitrogen and oxygen atoms in total. The van der Waals surface area contributed by atoms with E-state index in [1.807, 2.05) is 0 Å². The highest BCUT2D eigenvalue weighted by Gasteiger charge is 2.12. The van der Waals surface area contributed by atoms with Crippen LogP contribution in [-0.2, 0) is 6.54 Å². The molecule has 0 atom stereocenters. The van der Waals surface area contributed by atoms with Gasteiger partial charge in [0.25, 0.3) is 5.91 Å². The van der Waals surface area contributed by atoms with Gasteiger partial charge in [0.15, 0.2) is 0 Å². The molecule has 3 aromatic rings. The van der Waals surface area contributed by atoms with Crippen LogP contribution in [0.15, 0.2) is 46.9 Å². The van der Waals surface area contributed by atoms with Gasteiger partial charge in [0.2, 0.25) is 0 Å². The van der Waals surface area contributed by atoms with Crippen LogP contribution >= 0.6 is 0 Å². The summed E-state index contributed by atoms with van der Waals surface area (Å²) in [6.07, 6.45) is 0. The Balaban J connectivity index is 1.83. The predicted molar refractivity (Wildman–Crippen MR) is 94.5 cm³/mol. The van der Waals surface area contributed by atoms with E-state index in [1.165, 1.54) is 17.0 Å². The Bertz CT molecular complexity index is 918. The number of hydrogen-bond donors (Lipinski definition) is 1. The zero-order valence-corrected chi connectivity index (χ0v) is 14.3. The number of nitrogens with zero attached hydrogens (tertiary/aromatic N) is 1. The van der Waals surface area contributed by atoms with Crippen LogP contribution in [0, 0.1) is 5.82 Å². The molecule has 2 aromatic carbocycles. The second kappa shape index (κ2) is 6.84. The lowest BCUT2D eigenvalue weighted by Crippen LogP contribution is -2.21. The number of benzene rings is 2. The van der Waals surface area contributed by atoms with Crippen LogP contribution in [0.25, 0.3) is 11.0 Å². The second-order valence-corrected chi connectivity index (χ2v) is 5.86. The average molecular weight is 342 g/mol. The van der Waals surface area contributed by atoms with Crippen LogP contribution in [0.3, 0.4) is 0 Å². The number of rotatable bonds is 5. The highest BCUT2D eigenvalue weighted by Crippen LogP contribution is 2.27. The Hall–Kier alpha value is -3.02. The fourth-order valence-electron chi connectivity index (χ4n) is 2.58. The van der Waals surface area contributed by atoms with E-state index < -0.39 is 0 Å². The summed E-state index contributed by atoms with van der Waals surface area (Å²) in [5, 5.41) is 3.92. The molecule has 0 unspecified atom stereocenters. The van der Waals surface area contributed by atoms with E-state index in [2.05, 4.69) is 5.32 Å². The van der Waals surface area contributed by atoms with Gasteiger partial charge in [0, 0.05) is 25.0 Å². The van der Waals surface area contributed by atoms with Gasteiger partial charge in [-0.2, -0.15) is 0 Å². The Labute approximate surface area is 145 Å². The molecule has 0 bridgehead atoms. The maximum Gasteiger partial charge on any atom is 0.253 e. The zero-order chi connectivity index (χ0) is 18.0. The molecule has 1 N–H and O–H groups in total. The van der Waals surface area contributed by atoms with E-state index in [4.69, 9.17) is 9.15 Å². The maximum atomic E-state index is 13.3. The molecule has 0 saturated heterocycles. The first-order chi connectivity index (χ1) is 12.0. The number of amides is 1. The molecule has 3 rings (SSSR count). The fourth-order valence-corrected chi connectivity index (χ4v) is 2.58. The van der Waals surface area contributed by atoms with Crippen molar-refractivity contribution >= 4 is 22.6 Å². The minimum atomic E-state index is -0.302. The molecule has 1 amide bonds. The molecule has 6 heteroatoms. The molecule has 0 aliphatic heterocycles. The summed E-state index contributed by atoms with van der Waals surface area (Å²) < 4.78 is 24.3. The zero-order valence-electron chi connectivity index (χ0n) is 14.3. The van der Waals surface area contributed by atoms with E-state index in [1.54, 1.807) is 51.5 Å². The smallest absolute Gasteiger partial charge is 0.253 e. The van der Waals surface area contributed by atoms with E-state index in [-0.39, 0.29) is 11.7 Å². The topological polar surface area (TPSA) is 54.7 Å². The first kappa shape index (κ1) is 16.8. The lowest BCUT2D eigenvalue weighted by atomic mass is 10.1. The first-order valence-electron chi connectivity index (χ1n) is 7.79. The van der Waals surface area contributed by atoms with E-state index in [0.717, 1.165) is 0 Å². The van der Waals surface area contributed by atoms with Gasteiger partial charge in [-0.05, 0) is 42.5 Å². The number of halogens is 1. The van der Waals surface area contributed by atoms with Gasteiger partial charge in [0.1, 0.15) is 22.9 Å². The van der Waals surface area contributed by atoms with E-state index in [9.17, 15) is 9.18 Å². The van der Waals surface area contributed by atoms with Crippen molar-refractivity contribution in [3.8, 4) is 5.75 Å². The maximum absolute atomic E-state index is 13.3. The molecule has 0 radical (unpaired) electrons. The van der Waals surface area contributed by atoms with Crippen molar-refractivity contribution in [2.45, 2.75) is 6.54 Å². The molecular formula is C19H19FN2O3. The molecule has 0 spiro atoms. The summed E-state index contributed by atoms with van der Waals surface area (Å²) in [7, 11) is 4.97. The van der Waals surface area contributed by atoms with Gasteiger partial charge in [-0.1, -0.05) is 0 Å². The first-order valence-corrected chi connectivity index (χ1v) is 7.79. The second-order valence-electron chi connectivity index (χ2n) is 5.86. The van der Waals surface area contributed by atoms with Crippen LogP contribution < -0.4 is 10.1 Å². The Morgan fingerprint density at radius 1 is 1.20 bits per heavy atom. The van der Waals surface area contributed by atoms with Crippen molar-refractivity contribution in [1.29, 1.82) is 0 Å². The third-order valence-electron chi connectivity index (χ3n) is 3.84. The van der Waals surface area contributed by atoms with Crippen molar-refractivity contribution in [3.63, 3.8) is 0 Å². The SMILES string of the molecule is COc1ccc(C(=O)N(C)C)cc1NCc1cc2cc(F)ccc2o1. The summed E-state index contributed by atoms with van der Waals surface area (Å²) in [6.45, 7) is 0.381. The molecule has 0 aliphatic carbocycles. The third kappa shape index (κ3) is 3.57. The van der Waals surface area contributed by atoms with Gasteiger partial charge in [-0.25, -0.2) is 4.39 Å². The lowest BCUT2D eigenvalue weighted by Gasteiger charge is -2.14. The minimum Gasteiger partial charge on any atom is -0.495 e. The lowest BCUT2D eigenvalue weighted by molar-refractivity contribution is 0.0827. The fraction of sp³-hybridized carbons (Fsp3) is 0.211. The van der Waals surface area contributed by atoms with Crippen LogP contribution in [0.5, 0.6) is 5.75 Å². The summed E-state index contributed by atoms with van der Waals surface area (Å²) in [6, 6.07) is 11.4. The number of hydrogen-bond acceptors (Lipinski definition) is 4. The number of ether oxygens (including phenoxy) is 1. The monoisotopic (exact) mass is 342 g/mol. The number of methoxy groups -OCH3 is 1. The molecule has 1 aromatic heterocycles. The molecule has 130 valence electrons. The number of anilines is 1. The molecule has 1 heterocycles. The van der Waals surface area contributed by atoms with Gasteiger partial charge in [-0.3, -0.25) is 4.79 Å². The largest absolute Gasteiger partial charge is 0.495 e. The number of fused-ring (bicyclic) bond motifs is 1. The summed E-state index contributed by atoms with van der Waals surface area (Å²) >= 11 is 0. The average Bonchev–Trinajstić information content (AvgIpc) is 3.00. The number of nitrogens with one attached hydrogen (secondary N) is 1. The highest BCUT2D eigenvalue weighted by atomic mass is 19.1. The molecular weight excluding hydrogens is 323 g/mol. The quantitative estimate of drug-likeness (QED) is 0.764. The van der Waals surface area contributed by atoms with Gasteiger partial charge in [0.05, 0.1) is 19.3 Å². The summed E-state index contributed by atoms with van der Waals surface area (Å²) in [5.41, 5.74) is 1.86. The van der Waals surface area contributed by atoms with Gasteiger partial charge in [-0.15, -0.1) is 0 Å². The molecule has 25 heavy (non-hydrogen) atoms. The molecule has 0 saturated carbocycles. The number of carbonyl (C=O) groups excluding carboxylic acids is 1. The highest BCUT2D eigenvalue weighted by molar-refractivity contribution is 5.95. The van der Waals surface area contributed by atoms with Crippen molar-refractivity contribution in [2.75, 3.05) is 26.5 Å². The Kier molecular flexibility index (Phi) is 4.61.